The molecule has 0 atom stereocenters. The Labute approximate surface area is 184 Å². The molecule has 30 heavy (non-hydrogen) atoms. The number of carbonyl (C=O) groups is 2. The Morgan fingerprint density at radius 2 is 1.87 bits per heavy atom. The van der Waals surface area contributed by atoms with Crippen molar-refractivity contribution >= 4 is 39.9 Å². The van der Waals surface area contributed by atoms with Crippen LogP contribution in [0.25, 0.3) is 10.6 Å². The number of nitrogens with zero attached hydrogens (tertiary/aromatic N) is 2. The van der Waals surface area contributed by atoms with E-state index in [9.17, 15) is 9.59 Å². The van der Waals surface area contributed by atoms with Crippen molar-refractivity contribution in [3.63, 3.8) is 0 Å². The molecule has 0 spiro atoms. The third-order valence-corrected chi connectivity index (χ3v) is 6.07. The highest BCUT2D eigenvalue weighted by Gasteiger charge is 2.15. The number of thiazole rings is 1. The van der Waals surface area contributed by atoms with Gasteiger partial charge in [0.15, 0.2) is 0 Å². The van der Waals surface area contributed by atoms with E-state index in [2.05, 4.69) is 10.3 Å². The van der Waals surface area contributed by atoms with Crippen LogP contribution >= 0.6 is 23.1 Å². The van der Waals surface area contributed by atoms with Crippen LogP contribution in [0.5, 0.6) is 5.75 Å². The number of hydrogen-bond donors (Lipinski definition) is 1. The molecular formula is C22H23N3O3S2. The van der Waals surface area contributed by atoms with Gasteiger partial charge in [-0.2, -0.15) is 0 Å². The summed E-state index contributed by atoms with van der Waals surface area (Å²) in [5.41, 5.74) is 2.22. The summed E-state index contributed by atoms with van der Waals surface area (Å²) in [6, 6.07) is 15.0. The summed E-state index contributed by atoms with van der Waals surface area (Å²) in [6.45, 7) is 2.52. The predicted molar refractivity (Wildman–Crippen MR) is 122 cm³/mol. The van der Waals surface area contributed by atoms with Gasteiger partial charge < -0.3 is 15.0 Å². The summed E-state index contributed by atoms with van der Waals surface area (Å²) < 4.78 is 5.68. The third-order valence-electron chi connectivity index (χ3n) is 4.03. The lowest BCUT2D eigenvalue weighted by Crippen LogP contribution is -2.18. The summed E-state index contributed by atoms with van der Waals surface area (Å²) in [5.74, 6) is 0.595. The molecule has 0 aliphatic heterocycles. The Kier molecular flexibility index (Phi) is 7.48. The van der Waals surface area contributed by atoms with Gasteiger partial charge in [0.05, 0.1) is 30.0 Å². The number of ether oxygens (including phenoxy) is 1. The van der Waals surface area contributed by atoms with Crippen LogP contribution in [0.3, 0.4) is 0 Å². The second kappa shape index (κ2) is 10.3. The summed E-state index contributed by atoms with van der Waals surface area (Å²) in [7, 11) is 3.39. The van der Waals surface area contributed by atoms with Gasteiger partial charge in [0.2, 0.25) is 5.91 Å². The van der Waals surface area contributed by atoms with E-state index in [1.807, 2.05) is 54.8 Å². The molecule has 1 heterocycles. The molecule has 1 aromatic heterocycles. The number of anilines is 1. The predicted octanol–water partition coefficient (Wildman–Crippen LogP) is 5.16. The lowest BCUT2D eigenvalue weighted by atomic mass is 10.2. The van der Waals surface area contributed by atoms with Crippen molar-refractivity contribution in [1.82, 2.24) is 9.88 Å². The fourth-order valence-electron chi connectivity index (χ4n) is 2.64. The average molecular weight is 442 g/mol. The monoisotopic (exact) mass is 441 g/mol. The van der Waals surface area contributed by atoms with Crippen molar-refractivity contribution < 1.29 is 14.3 Å². The van der Waals surface area contributed by atoms with Crippen molar-refractivity contribution in [3.8, 4) is 16.3 Å². The van der Waals surface area contributed by atoms with Gasteiger partial charge in [-0.1, -0.05) is 24.3 Å². The summed E-state index contributed by atoms with van der Waals surface area (Å²) >= 11 is 2.56. The summed E-state index contributed by atoms with van der Waals surface area (Å²) in [5, 5.41) is 5.49. The molecule has 1 N–H and O–H groups in total. The van der Waals surface area contributed by atoms with Crippen molar-refractivity contribution in [2.75, 3.05) is 26.0 Å². The number of amides is 2. The molecule has 0 saturated heterocycles. The molecule has 0 fully saturated rings. The average Bonchev–Trinajstić information content (AvgIpc) is 3.18. The van der Waals surface area contributed by atoms with E-state index in [4.69, 9.17) is 4.74 Å². The Hall–Kier alpha value is -2.84. The minimum atomic E-state index is -0.185. The number of thioether (sulfide) groups is 1. The van der Waals surface area contributed by atoms with Gasteiger partial charge in [0, 0.05) is 24.4 Å². The number of hydrogen-bond acceptors (Lipinski definition) is 6. The van der Waals surface area contributed by atoms with Gasteiger partial charge in [-0.3, -0.25) is 9.59 Å². The van der Waals surface area contributed by atoms with E-state index in [-0.39, 0.29) is 17.6 Å². The summed E-state index contributed by atoms with van der Waals surface area (Å²) in [6.07, 6.45) is 0.147. The van der Waals surface area contributed by atoms with E-state index in [1.54, 1.807) is 20.2 Å². The van der Waals surface area contributed by atoms with Crippen molar-refractivity contribution in [2.24, 2.45) is 0 Å². The maximum atomic E-state index is 12.6. The van der Waals surface area contributed by atoms with Crippen molar-refractivity contribution in [3.05, 3.63) is 59.6 Å². The molecule has 0 aliphatic rings. The highest BCUT2D eigenvalue weighted by molar-refractivity contribution is 8.13. The SMILES string of the molecule is CCOc1ccccc1-c1nc(CC(=O)Nc2ccccc2SC(=O)N(C)C)cs1. The summed E-state index contributed by atoms with van der Waals surface area (Å²) in [4.78, 5) is 31.4. The van der Waals surface area contributed by atoms with Crippen LogP contribution < -0.4 is 10.1 Å². The zero-order valence-electron chi connectivity index (χ0n) is 17.0. The van der Waals surface area contributed by atoms with E-state index >= 15 is 0 Å². The molecule has 156 valence electrons. The first kappa shape index (κ1) is 21.9. The Morgan fingerprint density at radius 3 is 2.63 bits per heavy atom. The standard InChI is InChI=1S/C22H23N3O3S2/c1-4-28-18-11-7-5-9-16(18)21-23-15(14-29-21)13-20(26)24-17-10-6-8-12-19(17)30-22(27)25(2)3/h5-12,14H,4,13H2,1-3H3,(H,24,26). The Bertz CT molecular complexity index is 1030. The second-order valence-corrected chi connectivity index (χ2v) is 8.41. The smallest absolute Gasteiger partial charge is 0.286 e. The molecule has 0 unspecified atom stereocenters. The Morgan fingerprint density at radius 1 is 1.13 bits per heavy atom. The lowest BCUT2D eigenvalue weighted by molar-refractivity contribution is -0.115. The van der Waals surface area contributed by atoms with Gasteiger partial charge in [0.25, 0.3) is 5.24 Å². The van der Waals surface area contributed by atoms with Gasteiger partial charge >= 0.3 is 0 Å². The molecule has 2 aromatic carbocycles. The van der Waals surface area contributed by atoms with Crippen LogP contribution in [-0.2, 0) is 11.2 Å². The molecule has 3 rings (SSSR count). The minimum absolute atomic E-state index is 0.103. The first-order chi connectivity index (χ1) is 14.5. The number of carbonyl (C=O) groups excluding carboxylic acids is 2. The molecule has 3 aromatic rings. The first-order valence-corrected chi connectivity index (χ1v) is 11.1. The highest BCUT2D eigenvalue weighted by Crippen LogP contribution is 2.32. The molecule has 0 saturated carbocycles. The quantitative estimate of drug-likeness (QED) is 0.513. The molecule has 2 amide bonds. The number of para-hydroxylation sites is 2. The van der Waals surface area contributed by atoms with Gasteiger partial charge in [0.1, 0.15) is 10.8 Å². The molecule has 8 heteroatoms. The van der Waals surface area contributed by atoms with E-state index in [1.165, 1.54) is 16.2 Å². The third kappa shape index (κ3) is 5.61. The lowest BCUT2D eigenvalue weighted by Gasteiger charge is -2.12. The zero-order valence-corrected chi connectivity index (χ0v) is 18.7. The van der Waals surface area contributed by atoms with Gasteiger partial charge in [-0.15, -0.1) is 11.3 Å². The van der Waals surface area contributed by atoms with Crippen LogP contribution in [0.1, 0.15) is 12.6 Å². The fourth-order valence-corrected chi connectivity index (χ4v) is 4.24. The molecule has 0 bridgehead atoms. The molecule has 0 aliphatic carbocycles. The maximum Gasteiger partial charge on any atom is 0.286 e. The van der Waals surface area contributed by atoms with Crippen molar-refractivity contribution in [2.45, 2.75) is 18.2 Å². The fraction of sp³-hybridized carbons (Fsp3) is 0.227. The van der Waals surface area contributed by atoms with Gasteiger partial charge in [-0.05, 0) is 43.0 Å². The second-order valence-electron chi connectivity index (χ2n) is 6.56. The normalized spacial score (nSPS) is 10.5. The maximum absolute atomic E-state index is 12.6. The van der Waals surface area contributed by atoms with Crippen molar-refractivity contribution in [1.29, 1.82) is 0 Å². The van der Waals surface area contributed by atoms with E-state index < -0.39 is 0 Å². The van der Waals surface area contributed by atoms with E-state index in [0.29, 0.717) is 22.9 Å². The van der Waals surface area contributed by atoms with Gasteiger partial charge in [-0.25, -0.2) is 4.98 Å². The number of benzene rings is 2. The van der Waals surface area contributed by atoms with Crippen LogP contribution in [-0.4, -0.2) is 41.7 Å². The first-order valence-electron chi connectivity index (χ1n) is 9.42. The van der Waals surface area contributed by atoms with Crippen LogP contribution in [0.15, 0.2) is 58.8 Å². The van der Waals surface area contributed by atoms with Crippen LogP contribution in [0.2, 0.25) is 0 Å². The molecule has 6 nitrogen and oxygen atoms in total. The molecule has 0 radical (unpaired) electrons. The van der Waals surface area contributed by atoms with Crippen LogP contribution in [0.4, 0.5) is 10.5 Å². The number of aromatic nitrogens is 1. The van der Waals surface area contributed by atoms with Crippen LogP contribution in [0, 0.1) is 0 Å². The number of rotatable bonds is 7. The Balaban J connectivity index is 1.70. The topological polar surface area (TPSA) is 71.5 Å². The number of nitrogens with one attached hydrogen (secondary N) is 1. The minimum Gasteiger partial charge on any atom is -0.493 e. The zero-order chi connectivity index (χ0) is 21.5. The van der Waals surface area contributed by atoms with E-state index in [0.717, 1.165) is 28.1 Å². The largest absolute Gasteiger partial charge is 0.493 e. The highest BCUT2D eigenvalue weighted by atomic mass is 32.2. The molecular weight excluding hydrogens is 418 g/mol.